The van der Waals surface area contributed by atoms with Crippen LogP contribution in [0.3, 0.4) is 0 Å². The van der Waals surface area contributed by atoms with E-state index in [1.54, 1.807) is 17.8 Å². The average Bonchev–Trinajstić information content (AvgIpc) is 2.68. The van der Waals surface area contributed by atoms with E-state index < -0.39 is 4.92 Å². The highest BCUT2D eigenvalue weighted by Gasteiger charge is 2.24. The van der Waals surface area contributed by atoms with Gasteiger partial charge >= 0.3 is 11.4 Å². The van der Waals surface area contributed by atoms with E-state index in [0.717, 1.165) is 42.9 Å². The summed E-state index contributed by atoms with van der Waals surface area (Å²) in [6.07, 6.45) is 6.56. The van der Waals surface area contributed by atoms with Gasteiger partial charge in [0, 0.05) is 24.2 Å². The molecular formula is C20H25ClN6O4S. The zero-order chi connectivity index (χ0) is 23.1. The molecule has 2 fully saturated rings. The van der Waals surface area contributed by atoms with Gasteiger partial charge in [-0.2, -0.15) is 0 Å². The summed E-state index contributed by atoms with van der Waals surface area (Å²) in [5, 5.41) is 28.9. The van der Waals surface area contributed by atoms with Crippen LogP contribution in [0.2, 0.25) is 5.15 Å². The topological polar surface area (TPSA) is 136 Å². The fourth-order valence-electron chi connectivity index (χ4n) is 3.09. The van der Waals surface area contributed by atoms with Gasteiger partial charge in [0.1, 0.15) is 5.15 Å². The zero-order valence-electron chi connectivity index (χ0n) is 17.6. The molecule has 0 atom stereocenters. The van der Waals surface area contributed by atoms with Gasteiger partial charge in [0.15, 0.2) is 0 Å². The van der Waals surface area contributed by atoms with Crippen molar-refractivity contribution in [1.29, 1.82) is 0 Å². The van der Waals surface area contributed by atoms with Crippen molar-refractivity contribution >= 4 is 46.4 Å². The van der Waals surface area contributed by atoms with Gasteiger partial charge in [-0.1, -0.05) is 18.5 Å². The van der Waals surface area contributed by atoms with Crippen molar-refractivity contribution in [1.82, 2.24) is 9.97 Å². The highest BCUT2D eigenvalue weighted by Crippen LogP contribution is 2.31. The maximum atomic E-state index is 10.9. The second kappa shape index (κ2) is 11.3. The van der Waals surface area contributed by atoms with Crippen LogP contribution in [-0.4, -0.2) is 37.7 Å². The molecule has 4 rings (SSSR count). The summed E-state index contributed by atoms with van der Waals surface area (Å²) in [6, 6.07) is 6.68. The molecule has 172 valence electrons. The first-order valence-electron chi connectivity index (χ1n) is 10.5. The third-order valence-corrected chi connectivity index (χ3v) is 6.29. The van der Waals surface area contributed by atoms with E-state index >= 15 is 0 Å². The Labute approximate surface area is 194 Å². The van der Waals surface area contributed by atoms with E-state index in [-0.39, 0.29) is 27.3 Å². The molecule has 0 aliphatic heterocycles. The third-order valence-electron chi connectivity index (χ3n) is 5.27. The maximum Gasteiger partial charge on any atom is 0.311 e. The standard InChI is InChI=1S/C11H15N3O2S.C9H10ClN3O2/c1-2-17-10-7-6-9(14(15)16)11(13-10)12-8-4-3-5-8;10-8-5-4-7(13(14)15)9(12-8)11-6-2-1-3-6/h6-8H,2-5H2,1H3,(H,12,13);4-6H,1-3H2,(H,11,12). The molecule has 2 saturated carbocycles. The van der Waals surface area contributed by atoms with Crippen molar-refractivity contribution in [2.24, 2.45) is 0 Å². The quantitative estimate of drug-likeness (QED) is 0.211. The lowest BCUT2D eigenvalue weighted by molar-refractivity contribution is -0.384. The Bertz CT molecular complexity index is 971. The molecule has 12 heteroatoms. The van der Waals surface area contributed by atoms with Crippen molar-refractivity contribution in [2.45, 2.75) is 62.6 Å². The number of nitrogens with one attached hydrogen (secondary N) is 2. The highest BCUT2D eigenvalue weighted by molar-refractivity contribution is 7.99. The number of aromatic nitrogens is 2. The number of halogens is 1. The number of hydrogen-bond acceptors (Lipinski definition) is 9. The largest absolute Gasteiger partial charge is 0.362 e. The smallest absolute Gasteiger partial charge is 0.311 e. The van der Waals surface area contributed by atoms with E-state index in [2.05, 4.69) is 20.6 Å². The minimum atomic E-state index is -0.454. The van der Waals surface area contributed by atoms with Gasteiger partial charge in [-0.3, -0.25) is 20.2 Å². The van der Waals surface area contributed by atoms with Gasteiger partial charge in [-0.05, 0) is 56.4 Å². The molecule has 2 aliphatic carbocycles. The Morgan fingerprint density at radius 2 is 1.44 bits per heavy atom. The van der Waals surface area contributed by atoms with Crippen molar-refractivity contribution in [3.63, 3.8) is 0 Å². The number of rotatable bonds is 8. The lowest BCUT2D eigenvalue weighted by Gasteiger charge is -2.26. The molecule has 0 spiro atoms. The van der Waals surface area contributed by atoms with Crippen molar-refractivity contribution in [3.8, 4) is 0 Å². The van der Waals surface area contributed by atoms with Gasteiger partial charge < -0.3 is 10.6 Å². The molecule has 2 aliphatic rings. The Kier molecular flexibility index (Phi) is 8.46. The van der Waals surface area contributed by atoms with Gasteiger partial charge in [0.2, 0.25) is 11.6 Å². The maximum absolute atomic E-state index is 10.9. The normalized spacial score (nSPS) is 15.6. The lowest BCUT2D eigenvalue weighted by Crippen LogP contribution is -2.27. The first kappa shape index (κ1) is 24.0. The molecule has 0 bridgehead atoms. The molecule has 2 N–H and O–H groups in total. The van der Waals surface area contributed by atoms with Gasteiger partial charge in [-0.25, -0.2) is 9.97 Å². The number of hydrogen-bond donors (Lipinski definition) is 2. The predicted octanol–water partition coefficient (Wildman–Crippen LogP) is 5.67. The summed E-state index contributed by atoms with van der Waals surface area (Å²) in [5.41, 5.74) is 0.0450. The van der Waals surface area contributed by atoms with Crippen LogP contribution in [-0.2, 0) is 0 Å². The van der Waals surface area contributed by atoms with Crippen molar-refractivity contribution in [2.75, 3.05) is 16.4 Å². The summed E-state index contributed by atoms with van der Waals surface area (Å²) < 4.78 is 0. The van der Waals surface area contributed by atoms with E-state index in [1.807, 2.05) is 6.92 Å². The van der Waals surface area contributed by atoms with Gasteiger partial charge in [0.05, 0.1) is 14.9 Å². The van der Waals surface area contributed by atoms with Crippen LogP contribution in [0.4, 0.5) is 23.0 Å². The van der Waals surface area contributed by atoms with Crippen LogP contribution >= 0.6 is 23.4 Å². The predicted molar refractivity (Wildman–Crippen MR) is 126 cm³/mol. The second-order valence-electron chi connectivity index (χ2n) is 7.51. The molecule has 0 amide bonds. The van der Waals surface area contributed by atoms with E-state index in [1.165, 1.54) is 24.6 Å². The molecule has 2 aromatic rings. The van der Waals surface area contributed by atoms with Crippen molar-refractivity contribution < 1.29 is 9.85 Å². The molecule has 0 unspecified atom stereocenters. The number of nitrogens with zero attached hydrogens (tertiary/aromatic N) is 4. The first-order chi connectivity index (χ1) is 15.4. The lowest BCUT2D eigenvalue weighted by atomic mass is 9.93. The summed E-state index contributed by atoms with van der Waals surface area (Å²) in [4.78, 5) is 29.0. The second-order valence-corrected chi connectivity index (χ2v) is 9.18. The molecule has 10 nitrogen and oxygen atoms in total. The van der Waals surface area contributed by atoms with Crippen LogP contribution < -0.4 is 10.6 Å². The molecule has 32 heavy (non-hydrogen) atoms. The average molecular weight is 481 g/mol. The van der Waals surface area contributed by atoms with Gasteiger partial charge in [0.25, 0.3) is 0 Å². The van der Waals surface area contributed by atoms with Crippen LogP contribution in [0.1, 0.15) is 45.4 Å². The van der Waals surface area contributed by atoms with E-state index in [0.29, 0.717) is 17.9 Å². The summed E-state index contributed by atoms with van der Waals surface area (Å²) in [5.74, 6) is 1.60. The fourth-order valence-corrected chi connectivity index (χ4v) is 3.85. The molecule has 2 heterocycles. The van der Waals surface area contributed by atoms with Crippen LogP contribution in [0.25, 0.3) is 0 Å². The Hall–Kier alpha value is -2.66. The minimum Gasteiger partial charge on any atom is -0.362 e. The molecular weight excluding hydrogens is 456 g/mol. The fraction of sp³-hybridized carbons (Fsp3) is 0.500. The van der Waals surface area contributed by atoms with Crippen molar-refractivity contribution in [3.05, 3.63) is 49.6 Å². The number of thioether (sulfide) groups is 1. The molecule has 0 aromatic carbocycles. The van der Waals surface area contributed by atoms with Crippen LogP contribution in [0.15, 0.2) is 29.3 Å². The third kappa shape index (κ3) is 6.42. The Balaban J connectivity index is 0.000000182. The summed E-state index contributed by atoms with van der Waals surface area (Å²) in [7, 11) is 0. The summed E-state index contributed by atoms with van der Waals surface area (Å²) in [6.45, 7) is 2.03. The Morgan fingerprint density at radius 3 is 1.88 bits per heavy atom. The molecule has 0 saturated heterocycles. The van der Waals surface area contributed by atoms with E-state index in [9.17, 15) is 20.2 Å². The van der Waals surface area contributed by atoms with Gasteiger partial charge in [-0.15, -0.1) is 11.8 Å². The van der Waals surface area contributed by atoms with Crippen LogP contribution in [0, 0.1) is 20.2 Å². The molecule has 2 aromatic heterocycles. The number of pyridine rings is 2. The number of nitro groups is 2. The summed E-state index contributed by atoms with van der Waals surface area (Å²) >= 11 is 7.28. The Morgan fingerprint density at radius 1 is 0.938 bits per heavy atom. The minimum absolute atomic E-state index is 0.0219. The van der Waals surface area contributed by atoms with E-state index in [4.69, 9.17) is 11.6 Å². The zero-order valence-corrected chi connectivity index (χ0v) is 19.2. The first-order valence-corrected chi connectivity index (χ1v) is 11.9. The SMILES string of the molecule is CCSc1ccc([N+](=O)[O-])c(NC2CCC2)n1.O=[N+]([O-])c1ccc(Cl)nc1NC1CCC1. The van der Waals surface area contributed by atoms with Crippen LogP contribution in [0.5, 0.6) is 0 Å². The number of anilines is 2. The highest BCUT2D eigenvalue weighted by atomic mass is 35.5. The molecule has 0 radical (unpaired) electrons. The monoisotopic (exact) mass is 480 g/mol.